The second-order valence-electron chi connectivity index (χ2n) is 4.16. The Balaban J connectivity index is 2.54. The molecule has 0 fully saturated rings. The van der Waals surface area contributed by atoms with Crippen molar-refractivity contribution in [2.45, 2.75) is 25.7 Å². The molecule has 0 saturated carbocycles. The van der Waals surface area contributed by atoms with E-state index in [-0.39, 0.29) is 0 Å². The second kappa shape index (κ2) is 4.98. The van der Waals surface area contributed by atoms with Gasteiger partial charge in [-0.15, -0.1) is 0 Å². The largest absolute Gasteiger partial charge is 0.0770 e. The smallest absolute Gasteiger partial charge is 0.00271 e. The van der Waals surface area contributed by atoms with Crippen molar-refractivity contribution < 1.29 is 0 Å². The van der Waals surface area contributed by atoms with Crippen LogP contribution in [0.4, 0.5) is 0 Å². The monoisotopic (exact) mass is 209 g/mol. The Morgan fingerprint density at radius 3 is 2.62 bits per heavy atom. The van der Waals surface area contributed by atoms with Crippen LogP contribution in [0.25, 0.3) is 10.8 Å². The Morgan fingerprint density at radius 2 is 1.88 bits per heavy atom. The van der Waals surface area contributed by atoms with Crippen molar-refractivity contribution in [3.05, 3.63) is 60.7 Å². The lowest BCUT2D eigenvalue weighted by Gasteiger charge is -2.14. The van der Waals surface area contributed by atoms with Gasteiger partial charge in [0.05, 0.1) is 0 Å². The van der Waals surface area contributed by atoms with Crippen LogP contribution in [0.15, 0.2) is 48.5 Å². The zero-order chi connectivity index (χ0) is 11.4. The molecule has 0 aliphatic carbocycles. The summed E-state index contributed by atoms with van der Waals surface area (Å²) in [4.78, 5) is 0. The Bertz CT molecular complexity index is 477. The van der Waals surface area contributed by atoms with Crippen LogP contribution in [0.1, 0.15) is 31.2 Å². The minimum absolute atomic E-state index is 0.371. The SMILES string of the molecule is [CH]=CC(CCC)c1cccc2ccccc12. The number of benzene rings is 2. The fourth-order valence-electron chi connectivity index (χ4n) is 2.24. The number of hydrogen-bond donors (Lipinski definition) is 0. The van der Waals surface area contributed by atoms with Gasteiger partial charge >= 0.3 is 0 Å². The highest BCUT2D eigenvalue weighted by atomic mass is 14.1. The topological polar surface area (TPSA) is 0 Å². The van der Waals surface area contributed by atoms with E-state index < -0.39 is 0 Å². The maximum atomic E-state index is 5.76. The molecule has 1 radical (unpaired) electrons. The standard InChI is InChI=1S/C16H17/c1-3-8-13(4-2)15-12-7-10-14-9-5-6-11-16(14)15/h2,4-7,9-13H,3,8H2,1H3. The van der Waals surface area contributed by atoms with Crippen molar-refractivity contribution in [1.29, 1.82) is 0 Å². The van der Waals surface area contributed by atoms with Crippen molar-refractivity contribution in [3.63, 3.8) is 0 Å². The van der Waals surface area contributed by atoms with Crippen molar-refractivity contribution >= 4 is 10.8 Å². The van der Waals surface area contributed by atoms with Crippen LogP contribution >= 0.6 is 0 Å². The molecule has 2 aromatic rings. The summed E-state index contributed by atoms with van der Waals surface area (Å²) in [7, 11) is 0. The zero-order valence-electron chi connectivity index (χ0n) is 9.69. The Morgan fingerprint density at radius 1 is 1.12 bits per heavy atom. The highest BCUT2D eigenvalue weighted by Crippen LogP contribution is 2.29. The van der Waals surface area contributed by atoms with Crippen molar-refractivity contribution in [2.75, 3.05) is 0 Å². The van der Waals surface area contributed by atoms with E-state index in [0.29, 0.717) is 5.92 Å². The summed E-state index contributed by atoms with van der Waals surface area (Å²) in [6, 6.07) is 14.9. The molecule has 2 rings (SSSR count). The van der Waals surface area contributed by atoms with Crippen LogP contribution in [-0.2, 0) is 0 Å². The molecule has 0 bridgehead atoms. The van der Waals surface area contributed by atoms with E-state index >= 15 is 0 Å². The lowest BCUT2D eigenvalue weighted by Crippen LogP contribution is -1.95. The van der Waals surface area contributed by atoms with E-state index in [4.69, 9.17) is 6.58 Å². The van der Waals surface area contributed by atoms with Crippen LogP contribution in [0.2, 0.25) is 0 Å². The number of fused-ring (bicyclic) bond motifs is 1. The normalized spacial score (nSPS) is 12.6. The first kappa shape index (κ1) is 10.9. The minimum Gasteiger partial charge on any atom is -0.0770 e. The van der Waals surface area contributed by atoms with Crippen molar-refractivity contribution in [1.82, 2.24) is 0 Å². The van der Waals surface area contributed by atoms with Crippen LogP contribution in [0.5, 0.6) is 0 Å². The fraction of sp³-hybridized carbons (Fsp3) is 0.250. The van der Waals surface area contributed by atoms with Gasteiger partial charge in [0, 0.05) is 5.92 Å². The highest BCUT2D eigenvalue weighted by Gasteiger charge is 2.09. The Kier molecular flexibility index (Phi) is 3.40. The molecule has 0 nitrogen and oxygen atoms in total. The predicted molar refractivity (Wildman–Crippen MR) is 70.5 cm³/mol. The molecule has 2 aromatic carbocycles. The molecule has 0 amide bonds. The van der Waals surface area contributed by atoms with E-state index in [1.807, 2.05) is 6.08 Å². The average Bonchev–Trinajstić information content (AvgIpc) is 2.35. The molecule has 0 spiro atoms. The van der Waals surface area contributed by atoms with Crippen molar-refractivity contribution in [2.24, 2.45) is 0 Å². The summed E-state index contributed by atoms with van der Waals surface area (Å²) in [5.41, 5.74) is 1.35. The first-order valence-corrected chi connectivity index (χ1v) is 5.89. The Labute approximate surface area is 97.6 Å². The van der Waals surface area contributed by atoms with Crippen molar-refractivity contribution in [3.8, 4) is 0 Å². The summed E-state index contributed by atoms with van der Waals surface area (Å²) in [5.74, 6) is 0.371. The fourth-order valence-corrected chi connectivity index (χ4v) is 2.24. The third kappa shape index (κ3) is 2.01. The average molecular weight is 209 g/mol. The summed E-state index contributed by atoms with van der Waals surface area (Å²) in [5, 5.41) is 2.62. The molecule has 0 N–H and O–H groups in total. The van der Waals surface area contributed by atoms with Gasteiger partial charge in [0.25, 0.3) is 0 Å². The molecule has 0 aromatic heterocycles. The lowest BCUT2D eigenvalue weighted by molar-refractivity contribution is 0.722. The third-order valence-corrected chi connectivity index (χ3v) is 3.05. The number of hydrogen-bond acceptors (Lipinski definition) is 0. The maximum absolute atomic E-state index is 5.76. The summed E-state index contributed by atoms with van der Waals surface area (Å²) in [6.07, 6.45) is 4.09. The van der Waals surface area contributed by atoms with Gasteiger partial charge in [0.2, 0.25) is 0 Å². The van der Waals surface area contributed by atoms with E-state index in [1.165, 1.54) is 16.3 Å². The van der Waals surface area contributed by atoms with Gasteiger partial charge in [-0.1, -0.05) is 68.5 Å². The zero-order valence-corrected chi connectivity index (χ0v) is 9.69. The van der Waals surface area contributed by atoms with E-state index in [1.54, 1.807) is 0 Å². The van der Waals surface area contributed by atoms with Gasteiger partial charge in [0.15, 0.2) is 0 Å². The van der Waals surface area contributed by atoms with Crippen LogP contribution in [0, 0.1) is 6.58 Å². The highest BCUT2D eigenvalue weighted by molar-refractivity contribution is 5.86. The van der Waals surface area contributed by atoms with E-state index in [9.17, 15) is 0 Å². The Hall–Kier alpha value is -1.56. The summed E-state index contributed by atoms with van der Waals surface area (Å²) in [6.45, 7) is 7.95. The lowest BCUT2D eigenvalue weighted by atomic mass is 9.90. The molecule has 1 unspecified atom stereocenters. The predicted octanol–water partition coefficient (Wildman–Crippen LogP) is 4.71. The van der Waals surface area contributed by atoms with Gasteiger partial charge in [-0.25, -0.2) is 0 Å². The minimum atomic E-state index is 0.371. The van der Waals surface area contributed by atoms with Gasteiger partial charge < -0.3 is 0 Å². The molecule has 1 atom stereocenters. The number of allylic oxidation sites excluding steroid dienone is 1. The molecular weight excluding hydrogens is 192 g/mol. The first-order chi connectivity index (χ1) is 7.86. The molecule has 0 saturated heterocycles. The molecule has 16 heavy (non-hydrogen) atoms. The van der Waals surface area contributed by atoms with Gasteiger partial charge in [-0.05, 0) is 22.8 Å². The van der Waals surface area contributed by atoms with Crippen LogP contribution < -0.4 is 0 Å². The molecule has 0 heteroatoms. The van der Waals surface area contributed by atoms with E-state index in [0.717, 1.165) is 12.8 Å². The van der Waals surface area contributed by atoms with Gasteiger partial charge in [0.1, 0.15) is 0 Å². The van der Waals surface area contributed by atoms with Gasteiger partial charge in [-0.2, -0.15) is 0 Å². The van der Waals surface area contributed by atoms with Crippen LogP contribution in [0.3, 0.4) is 0 Å². The summed E-state index contributed by atoms with van der Waals surface area (Å²) >= 11 is 0. The first-order valence-electron chi connectivity index (χ1n) is 5.89. The maximum Gasteiger partial charge on any atom is 0.00271 e. The second-order valence-corrected chi connectivity index (χ2v) is 4.16. The van der Waals surface area contributed by atoms with Crippen LogP contribution in [-0.4, -0.2) is 0 Å². The molecule has 0 heterocycles. The molecule has 81 valence electrons. The summed E-state index contributed by atoms with van der Waals surface area (Å²) < 4.78 is 0. The quantitative estimate of drug-likeness (QED) is 0.684. The number of rotatable bonds is 4. The molecular formula is C16H17. The third-order valence-electron chi connectivity index (χ3n) is 3.05. The van der Waals surface area contributed by atoms with Gasteiger partial charge in [-0.3, -0.25) is 0 Å². The molecule has 0 aliphatic heterocycles. The molecule has 0 aliphatic rings. The van der Waals surface area contributed by atoms with E-state index in [2.05, 4.69) is 49.4 Å².